The number of ketones is 1. The van der Waals surface area contributed by atoms with Crippen LogP contribution in [0, 0.1) is 22.7 Å². The van der Waals surface area contributed by atoms with E-state index in [1.807, 2.05) is 20.8 Å². The normalized spacial score (nSPS) is 45.1. The average molecular weight is 366 g/mol. The molecule has 6 atom stereocenters. The smallest absolute Gasteiger partial charge is 0.333 e. The first-order valence-electron chi connectivity index (χ1n) is 9.47. The minimum Gasteiger partial charge on any atom is -0.429 e. The number of aliphatic hydroxyl groups is 3. The van der Waals surface area contributed by atoms with Crippen molar-refractivity contribution in [2.24, 2.45) is 22.7 Å². The van der Waals surface area contributed by atoms with Crippen molar-refractivity contribution in [3.05, 3.63) is 11.6 Å². The van der Waals surface area contributed by atoms with E-state index in [4.69, 9.17) is 4.74 Å². The number of fused-ring (bicyclic) bond motifs is 1. The number of carbonyl (C=O) groups is 2. The van der Waals surface area contributed by atoms with Crippen molar-refractivity contribution in [1.29, 1.82) is 0 Å². The van der Waals surface area contributed by atoms with Crippen LogP contribution in [0.1, 0.15) is 59.8 Å². The first-order chi connectivity index (χ1) is 11.9. The molecule has 0 amide bonds. The maximum atomic E-state index is 13.0. The summed E-state index contributed by atoms with van der Waals surface area (Å²) in [6.45, 7) is 7.74. The summed E-state index contributed by atoms with van der Waals surface area (Å²) in [7, 11) is 0. The molecule has 1 aliphatic heterocycles. The fourth-order valence-electron chi connectivity index (χ4n) is 5.91. The number of hydrogen-bond acceptors (Lipinski definition) is 6. The van der Waals surface area contributed by atoms with Crippen LogP contribution in [0.3, 0.4) is 0 Å². The van der Waals surface area contributed by atoms with E-state index < -0.39 is 41.2 Å². The van der Waals surface area contributed by atoms with Gasteiger partial charge < -0.3 is 20.1 Å². The Bertz CT molecular complexity index is 653. The van der Waals surface area contributed by atoms with Crippen molar-refractivity contribution < 1.29 is 29.6 Å². The van der Waals surface area contributed by atoms with Gasteiger partial charge in [-0.25, -0.2) is 4.79 Å². The third-order valence-corrected chi connectivity index (χ3v) is 7.37. The minimum absolute atomic E-state index is 0.173. The monoisotopic (exact) mass is 366 g/mol. The third kappa shape index (κ3) is 2.65. The molecular formula is C20H30O6. The molecule has 0 bridgehead atoms. The predicted molar refractivity (Wildman–Crippen MR) is 93.8 cm³/mol. The fourth-order valence-corrected chi connectivity index (χ4v) is 5.91. The van der Waals surface area contributed by atoms with Crippen molar-refractivity contribution in [1.82, 2.24) is 0 Å². The molecule has 2 aliphatic carbocycles. The molecule has 2 fully saturated rings. The molecular weight excluding hydrogens is 336 g/mol. The first-order valence-corrected chi connectivity index (χ1v) is 9.47. The van der Waals surface area contributed by atoms with Gasteiger partial charge in [0.05, 0.1) is 5.60 Å². The second-order valence-electron chi connectivity index (χ2n) is 9.26. The van der Waals surface area contributed by atoms with Crippen LogP contribution in [0.2, 0.25) is 0 Å². The number of ether oxygens (including phenoxy) is 1. The first kappa shape index (κ1) is 19.5. The Balaban J connectivity index is 1.96. The zero-order valence-corrected chi connectivity index (χ0v) is 16.0. The van der Waals surface area contributed by atoms with E-state index in [1.54, 1.807) is 6.92 Å². The van der Waals surface area contributed by atoms with Crippen LogP contribution < -0.4 is 0 Å². The molecule has 0 aromatic carbocycles. The summed E-state index contributed by atoms with van der Waals surface area (Å²) in [5.74, 6) is -1.82. The number of rotatable bonds is 3. The summed E-state index contributed by atoms with van der Waals surface area (Å²) >= 11 is 0. The van der Waals surface area contributed by atoms with E-state index in [1.165, 1.54) is 6.08 Å². The van der Waals surface area contributed by atoms with Crippen molar-refractivity contribution in [3.63, 3.8) is 0 Å². The van der Waals surface area contributed by atoms with E-state index in [2.05, 4.69) is 0 Å². The topological polar surface area (TPSA) is 104 Å². The van der Waals surface area contributed by atoms with Crippen LogP contribution >= 0.6 is 0 Å². The van der Waals surface area contributed by atoms with Crippen LogP contribution in [0.15, 0.2) is 11.6 Å². The highest BCUT2D eigenvalue weighted by Crippen LogP contribution is 2.62. The molecule has 146 valence electrons. The molecule has 0 aromatic rings. The SMILES string of the molecule is C[C@@H]1[C@@H](O)C(=O)[C@H]2C(C)(C)CCC[C@]2(C)[C@@]1(O)CCC1=CC(=O)O[C@H]1O. The van der Waals surface area contributed by atoms with Crippen LogP contribution in [-0.4, -0.2) is 45.1 Å². The zero-order valence-electron chi connectivity index (χ0n) is 16.0. The number of aliphatic hydroxyl groups excluding tert-OH is 2. The molecule has 0 aromatic heterocycles. The summed E-state index contributed by atoms with van der Waals surface area (Å²) < 4.78 is 4.72. The molecule has 1 heterocycles. The third-order valence-electron chi connectivity index (χ3n) is 7.37. The van der Waals surface area contributed by atoms with Crippen LogP contribution in [0.25, 0.3) is 0 Å². The summed E-state index contributed by atoms with van der Waals surface area (Å²) in [5.41, 5.74) is -1.82. The summed E-state index contributed by atoms with van der Waals surface area (Å²) in [6.07, 6.45) is 1.79. The molecule has 0 spiro atoms. The standard InChI is InChI=1S/C20H30O6/c1-11-14(22)15(23)16-18(2,3)7-5-8-19(16,4)20(11,25)9-6-12-10-13(21)26-17(12)24/h10-11,14,16-17,22,24-25H,5-9H2,1-4H3/t11-,14-,16+,17-,19+,20-/m1/s1. The van der Waals surface area contributed by atoms with E-state index in [-0.39, 0.29) is 24.0 Å². The summed E-state index contributed by atoms with van der Waals surface area (Å²) in [4.78, 5) is 24.3. The van der Waals surface area contributed by atoms with Crippen molar-refractivity contribution >= 4 is 11.8 Å². The van der Waals surface area contributed by atoms with Crippen molar-refractivity contribution in [3.8, 4) is 0 Å². The highest BCUT2D eigenvalue weighted by Gasteiger charge is 2.66. The number of hydrogen-bond donors (Lipinski definition) is 3. The van der Waals surface area contributed by atoms with Crippen LogP contribution in [-0.2, 0) is 14.3 Å². The molecule has 0 unspecified atom stereocenters. The highest BCUT2D eigenvalue weighted by molar-refractivity contribution is 5.88. The zero-order chi connectivity index (χ0) is 19.5. The van der Waals surface area contributed by atoms with Gasteiger partial charge in [0.15, 0.2) is 5.78 Å². The average Bonchev–Trinajstić information content (AvgIpc) is 2.86. The van der Waals surface area contributed by atoms with Crippen molar-refractivity contribution in [2.45, 2.75) is 77.8 Å². The second kappa shape index (κ2) is 6.14. The number of Topliss-reactive ketones (excluding diaryl/α,β-unsaturated/α-hetero) is 1. The molecule has 3 N–H and O–H groups in total. The van der Waals surface area contributed by atoms with Gasteiger partial charge in [-0.2, -0.15) is 0 Å². The van der Waals surface area contributed by atoms with Gasteiger partial charge in [-0.15, -0.1) is 0 Å². The van der Waals surface area contributed by atoms with Crippen molar-refractivity contribution in [2.75, 3.05) is 0 Å². The van der Waals surface area contributed by atoms with Gasteiger partial charge >= 0.3 is 5.97 Å². The lowest BCUT2D eigenvalue weighted by Crippen LogP contribution is -2.69. The van der Waals surface area contributed by atoms with E-state index in [0.717, 1.165) is 12.8 Å². The minimum atomic E-state index is -1.28. The molecule has 6 heteroatoms. The van der Waals surface area contributed by atoms with Crippen LogP contribution in [0.4, 0.5) is 0 Å². The summed E-state index contributed by atoms with van der Waals surface area (Å²) in [6, 6.07) is 0. The van der Waals surface area contributed by atoms with Crippen LogP contribution in [0.5, 0.6) is 0 Å². The predicted octanol–water partition coefficient (Wildman–Crippen LogP) is 1.71. The maximum absolute atomic E-state index is 13.0. The molecule has 3 rings (SSSR count). The van der Waals surface area contributed by atoms with Gasteiger partial charge in [0.25, 0.3) is 0 Å². The molecule has 0 saturated heterocycles. The van der Waals surface area contributed by atoms with E-state index >= 15 is 0 Å². The maximum Gasteiger partial charge on any atom is 0.333 e. The lowest BCUT2D eigenvalue weighted by atomic mass is 9.43. The van der Waals surface area contributed by atoms with Gasteiger partial charge in [0.2, 0.25) is 6.29 Å². The van der Waals surface area contributed by atoms with Gasteiger partial charge in [0.1, 0.15) is 6.10 Å². The molecule has 0 radical (unpaired) electrons. The largest absolute Gasteiger partial charge is 0.429 e. The Morgan fingerprint density at radius 3 is 2.42 bits per heavy atom. The molecule has 6 nitrogen and oxygen atoms in total. The van der Waals surface area contributed by atoms with Gasteiger partial charge in [0, 0.05) is 28.9 Å². The number of cyclic esters (lactones) is 1. The van der Waals surface area contributed by atoms with Gasteiger partial charge in [-0.05, 0) is 31.1 Å². The molecule has 3 aliphatic rings. The van der Waals surface area contributed by atoms with E-state index in [0.29, 0.717) is 12.0 Å². The molecule has 26 heavy (non-hydrogen) atoms. The molecule has 2 saturated carbocycles. The Labute approximate surface area is 154 Å². The lowest BCUT2D eigenvalue weighted by Gasteiger charge is -2.63. The second-order valence-corrected chi connectivity index (χ2v) is 9.26. The fraction of sp³-hybridized carbons (Fsp3) is 0.800. The summed E-state index contributed by atoms with van der Waals surface area (Å²) in [5, 5.41) is 32.2. The van der Waals surface area contributed by atoms with Gasteiger partial charge in [-0.1, -0.05) is 34.1 Å². The highest BCUT2D eigenvalue weighted by atomic mass is 16.6. The lowest BCUT2D eigenvalue weighted by molar-refractivity contribution is -0.229. The van der Waals surface area contributed by atoms with Gasteiger partial charge in [-0.3, -0.25) is 4.79 Å². The Morgan fingerprint density at radius 2 is 1.85 bits per heavy atom. The Morgan fingerprint density at radius 1 is 1.19 bits per heavy atom. The Kier molecular flexibility index (Phi) is 4.61. The van der Waals surface area contributed by atoms with E-state index in [9.17, 15) is 24.9 Å². The Hall–Kier alpha value is -1.24. The quantitative estimate of drug-likeness (QED) is 0.657. The number of carbonyl (C=O) groups excluding carboxylic acids is 2. The number of esters is 1.